The quantitative estimate of drug-likeness (QED) is 0.0412. The maximum absolute atomic E-state index is 5.86. The van der Waals surface area contributed by atoms with E-state index in [0.717, 1.165) is 66.8 Å². The Bertz CT molecular complexity index is 1690. The van der Waals surface area contributed by atoms with Crippen LogP contribution in [-0.2, 0) is 12.8 Å². The first-order chi connectivity index (χ1) is 34.2. The summed E-state index contributed by atoms with van der Waals surface area (Å²) >= 11 is 0. The van der Waals surface area contributed by atoms with Crippen LogP contribution in [0.3, 0.4) is 0 Å². The largest absolute Gasteiger partial charge is 0.490 e. The van der Waals surface area contributed by atoms with Crippen LogP contribution in [0.2, 0.25) is 0 Å². The number of rotatable bonds is 43. The zero-order valence-corrected chi connectivity index (χ0v) is 45.1. The molecular formula is C63H102N4O2. The fourth-order valence-electron chi connectivity index (χ4n) is 9.03. The van der Waals surface area contributed by atoms with Crippen LogP contribution in [0, 0.1) is 0 Å². The smallest absolute Gasteiger partial charge is 0.159 e. The molecular weight excluding hydrogens is 845 g/mol. The first-order valence-corrected chi connectivity index (χ1v) is 29.2. The minimum absolute atomic E-state index is 0.757. The summed E-state index contributed by atoms with van der Waals surface area (Å²) in [6, 6.07) is 17.5. The number of aryl methyl sites for hydroxylation is 2. The Hall–Kier alpha value is -3.80. The Morgan fingerprint density at radius 1 is 0.275 bits per heavy atom. The molecule has 0 saturated carbocycles. The SMILES string of the molecule is CCCCCCCCCCCCCCOc1cnc(-c2ccc(CCCCCCC)cc2)nc1.CCCCCCCCCCCCCCOc1cnc(-c2ccc(CCCCCCCC)cc2)nc1. The second-order valence-corrected chi connectivity index (χ2v) is 20.0. The molecule has 69 heavy (non-hydrogen) atoms. The predicted molar refractivity (Wildman–Crippen MR) is 298 cm³/mol. The molecule has 2 heterocycles. The lowest BCUT2D eigenvalue weighted by molar-refractivity contribution is 0.302. The summed E-state index contributed by atoms with van der Waals surface area (Å²) in [5.74, 6) is 3.09. The van der Waals surface area contributed by atoms with Crippen molar-refractivity contribution in [3.8, 4) is 34.3 Å². The highest BCUT2D eigenvalue weighted by atomic mass is 16.5. The minimum Gasteiger partial charge on any atom is -0.490 e. The molecule has 0 fully saturated rings. The molecule has 4 aromatic rings. The van der Waals surface area contributed by atoms with Crippen molar-refractivity contribution < 1.29 is 9.47 Å². The molecule has 6 nitrogen and oxygen atoms in total. The van der Waals surface area contributed by atoms with Gasteiger partial charge in [-0.25, -0.2) is 19.9 Å². The van der Waals surface area contributed by atoms with E-state index >= 15 is 0 Å². The normalized spacial score (nSPS) is 11.1. The van der Waals surface area contributed by atoms with E-state index in [1.54, 1.807) is 0 Å². The van der Waals surface area contributed by atoms with E-state index in [9.17, 15) is 0 Å². The maximum Gasteiger partial charge on any atom is 0.159 e. The Morgan fingerprint density at radius 3 is 0.768 bits per heavy atom. The molecule has 0 unspecified atom stereocenters. The third-order valence-corrected chi connectivity index (χ3v) is 13.6. The van der Waals surface area contributed by atoms with Crippen molar-refractivity contribution in [3.63, 3.8) is 0 Å². The van der Waals surface area contributed by atoms with Gasteiger partial charge in [-0.15, -0.1) is 0 Å². The molecule has 4 rings (SSSR count). The predicted octanol–water partition coefficient (Wildman–Crippen LogP) is 19.9. The Morgan fingerprint density at radius 2 is 0.507 bits per heavy atom. The van der Waals surface area contributed by atoms with Gasteiger partial charge >= 0.3 is 0 Å². The molecule has 0 aliphatic heterocycles. The van der Waals surface area contributed by atoms with Gasteiger partial charge in [-0.05, 0) is 49.7 Å². The number of nitrogens with zero attached hydrogens (tertiary/aromatic N) is 4. The van der Waals surface area contributed by atoms with Crippen LogP contribution >= 0.6 is 0 Å². The van der Waals surface area contributed by atoms with E-state index in [4.69, 9.17) is 9.47 Å². The van der Waals surface area contributed by atoms with Crippen molar-refractivity contribution in [2.24, 2.45) is 0 Å². The Kier molecular flexibility index (Phi) is 37.1. The van der Waals surface area contributed by atoms with Crippen molar-refractivity contribution in [2.75, 3.05) is 13.2 Å². The summed E-state index contributed by atoms with van der Waals surface area (Å²) in [5, 5.41) is 0. The molecule has 2 aromatic heterocycles. The number of hydrogen-bond acceptors (Lipinski definition) is 6. The molecule has 0 atom stereocenters. The summed E-state index contributed by atoms with van der Waals surface area (Å²) in [4.78, 5) is 18.1. The Labute approximate surface area is 424 Å². The molecule has 0 saturated heterocycles. The molecule has 6 heteroatoms. The van der Waals surface area contributed by atoms with Crippen molar-refractivity contribution in [3.05, 3.63) is 84.4 Å². The van der Waals surface area contributed by atoms with Crippen molar-refractivity contribution in [2.45, 2.75) is 265 Å². The lowest BCUT2D eigenvalue weighted by Gasteiger charge is -2.07. The highest BCUT2D eigenvalue weighted by molar-refractivity contribution is 5.56. The Balaban J connectivity index is 0.000000365. The minimum atomic E-state index is 0.757. The van der Waals surface area contributed by atoms with Crippen LogP contribution in [0.1, 0.15) is 264 Å². The summed E-state index contributed by atoms with van der Waals surface area (Å²) in [7, 11) is 0. The summed E-state index contributed by atoms with van der Waals surface area (Å²) < 4.78 is 11.7. The topological polar surface area (TPSA) is 70.0 Å². The molecule has 0 spiro atoms. The average molecular weight is 948 g/mol. The van der Waals surface area contributed by atoms with Gasteiger partial charge in [-0.2, -0.15) is 0 Å². The van der Waals surface area contributed by atoms with Crippen LogP contribution in [0.15, 0.2) is 73.3 Å². The number of ether oxygens (including phenoxy) is 2. The summed E-state index contributed by atoms with van der Waals surface area (Å²) in [5.41, 5.74) is 4.96. The van der Waals surface area contributed by atoms with Gasteiger partial charge in [0.25, 0.3) is 0 Å². The van der Waals surface area contributed by atoms with Gasteiger partial charge in [0.2, 0.25) is 0 Å². The lowest BCUT2D eigenvalue weighted by Crippen LogP contribution is -1.99. The van der Waals surface area contributed by atoms with Gasteiger partial charge in [-0.3, -0.25) is 0 Å². The van der Waals surface area contributed by atoms with E-state index < -0.39 is 0 Å². The average Bonchev–Trinajstić information content (AvgIpc) is 3.38. The lowest BCUT2D eigenvalue weighted by atomic mass is 10.0. The molecule has 386 valence electrons. The first-order valence-electron chi connectivity index (χ1n) is 29.2. The molecule has 2 aromatic carbocycles. The van der Waals surface area contributed by atoms with Gasteiger partial charge < -0.3 is 9.47 Å². The molecule has 0 N–H and O–H groups in total. The van der Waals surface area contributed by atoms with Crippen LogP contribution in [0.4, 0.5) is 0 Å². The molecule has 0 bridgehead atoms. The van der Waals surface area contributed by atoms with Crippen molar-refractivity contribution >= 4 is 0 Å². The van der Waals surface area contributed by atoms with Gasteiger partial charge in [-0.1, -0.05) is 275 Å². The fraction of sp³-hybridized carbons (Fsp3) is 0.683. The van der Waals surface area contributed by atoms with E-state index in [-0.39, 0.29) is 0 Å². The molecule has 0 radical (unpaired) electrons. The fourth-order valence-corrected chi connectivity index (χ4v) is 9.03. The first kappa shape index (κ1) is 59.5. The highest BCUT2D eigenvalue weighted by Gasteiger charge is 2.06. The zero-order valence-electron chi connectivity index (χ0n) is 45.1. The number of unbranched alkanes of at least 4 members (excludes halogenated alkanes) is 31. The molecule has 0 amide bonds. The van der Waals surface area contributed by atoms with Gasteiger partial charge in [0.05, 0.1) is 38.0 Å². The second kappa shape index (κ2) is 43.0. The third-order valence-electron chi connectivity index (χ3n) is 13.6. The number of benzene rings is 2. The molecule has 0 aliphatic rings. The van der Waals surface area contributed by atoms with Crippen molar-refractivity contribution in [1.29, 1.82) is 0 Å². The summed E-state index contributed by atoms with van der Waals surface area (Å²) in [6.07, 6.45) is 56.9. The van der Waals surface area contributed by atoms with Gasteiger partial charge in [0.1, 0.15) is 0 Å². The van der Waals surface area contributed by atoms with E-state index in [1.165, 1.54) is 229 Å². The zero-order chi connectivity index (χ0) is 48.9. The van der Waals surface area contributed by atoms with Gasteiger partial charge in [0, 0.05) is 11.1 Å². The van der Waals surface area contributed by atoms with E-state index in [0.29, 0.717) is 0 Å². The monoisotopic (exact) mass is 947 g/mol. The molecule has 0 aliphatic carbocycles. The summed E-state index contributed by atoms with van der Waals surface area (Å²) in [6.45, 7) is 10.6. The second-order valence-electron chi connectivity index (χ2n) is 20.0. The van der Waals surface area contributed by atoms with E-state index in [1.807, 2.05) is 24.8 Å². The van der Waals surface area contributed by atoms with E-state index in [2.05, 4.69) is 96.2 Å². The highest BCUT2D eigenvalue weighted by Crippen LogP contribution is 2.22. The third kappa shape index (κ3) is 31.2. The van der Waals surface area contributed by atoms with Crippen LogP contribution in [0.25, 0.3) is 22.8 Å². The van der Waals surface area contributed by atoms with Crippen molar-refractivity contribution in [1.82, 2.24) is 19.9 Å². The number of aromatic nitrogens is 4. The van der Waals surface area contributed by atoms with Crippen LogP contribution in [0.5, 0.6) is 11.5 Å². The number of hydrogen-bond donors (Lipinski definition) is 0. The van der Waals surface area contributed by atoms with Crippen LogP contribution < -0.4 is 9.47 Å². The standard InChI is InChI=1S/C32H52N2O.C31H50N2O/c1-3-5-7-9-11-12-13-14-15-16-18-20-26-35-31-27-33-32(34-28-31)30-24-22-29(23-25-30)21-19-17-10-8-6-4-2;1-3-5-7-9-10-11-12-13-14-15-17-19-25-34-30-26-32-31(33-27-30)29-23-21-28(22-24-29)20-18-16-8-6-4-2/h22-25,27-28H,3-21,26H2,1-2H3;21-24,26-27H,3-20,25H2,1-2H3. The van der Waals surface area contributed by atoms with Crippen LogP contribution in [-0.4, -0.2) is 33.1 Å². The van der Waals surface area contributed by atoms with Gasteiger partial charge in [0.15, 0.2) is 23.1 Å². The maximum atomic E-state index is 5.86.